The summed E-state index contributed by atoms with van der Waals surface area (Å²) >= 11 is 0. The lowest BCUT2D eigenvalue weighted by atomic mass is 10.1. The summed E-state index contributed by atoms with van der Waals surface area (Å²) < 4.78 is 15.6. The van der Waals surface area contributed by atoms with Crippen molar-refractivity contribution >= 4 is 5.69 Å². The maximum Gasteiger partial charge on any atom is 0.142 e. The zero-order valence-corrected chi connectivity index (χ0v) is 9.15. The van der Waals surface area contributed by atoms with Gasteiger partial charge in [0, 0.05) is 24.6 Å². The van der Waals surface area contributed by atoms with E-state index in [0.29, 0.717) is 17.1 Å². The molecular weight excluding hydrogens is 205 g/mol. The lowest BCUT2D eigenvalue weighted by Gasteiger charge is -2.07. The second kappa shape index (κ2) is 4.35. The lowest BCUT2D eigenvalue weighted by Crippen LogP contribution is -2.00. The molecule has 1 aromatic heterocycles. The number of aryl methyl sites for hydroxylation is 1. The normalized spacial score (nSPS) is 10.6. The summed E-state index contributed by atoms with van der Waals surface area (Å²) in [6, 6.07) is 4.53. The summed E-state index contributed by atoms with van der Waals surface area (Å²) in [6.45, 7) is 2.89. The second-order valence-electron chi connectivity index (χ2n) is 3.68. The van der Waals surface area contributed by atoms with Crippen molar-refractivity contribution in [3.05, 3.63) is 36.4 Å². The highest BCUT2D eigenvalue weighted by atomic mass is 19.1. The van der Waals surface area contributed by atoms with E-state index in [1.54, 1.807) is 18.3 Å². The Balaban J connectivity index is 2.49. The molecule has 0 fully saturated rings. The fourth-order valence-corrected chi connectivity index (χ4v) is 1.69. The van der Waals surface area contributed by atoms with Gasteiger partial charge in [-0.2, -0.15) is 0 Å². The molecule has 1 heterocycles. The number of anilines is 1. The summed E-state index contributed by atoms with van der Waals surface area (Å²) in [6.07, 6.45) is 4.50. The topological polar surface area (TPSA) is 43.8 Å². The third-order valence-electron chi connectivity index (χ3n) is 2.41. The largest absolute Gasteiger partial charge is 0.399 e. The fraction of sp³-hybridized carbons (Fsp3) is 0.250. The minimum atomic E-state index is -0.294. The number of hydrogen-bond acceptors (Lipinski definition) is 2. The minimum Gasteiger partial charge on any atom is -0.399 e. The third-order valence-corrected chi connectivity index (χ3v) is 2.41. The number of nitrogen functional groups attached to an aromatic ring is 1. The summed E-state index contributed by atoms with van der Waals surface area (Å²) in [5.41, 5.74) is 6.65. The van der Waals surface area contributed by atoms with E-state index in [2.05, 4.69) is 11.9 Å². The minimum absolute atomic E-state index is 0.294. The SMILES string of the molecule is CCCn1ccnc1-c1cc(N)ccc1F. The van der Waals surface area contributed by atoms with E-state index < -0.39 is 0 Å². The number of aromatic nitrogens is 2. The van der Waals surface area contributed by atoms with Crippen LogP contribution in [0.4, 0.5) is 10.1 Å². The number of nitrogens with two attached hydrogens (primary N) is 1. The molecule has 0 saturated heterocycles. The predicted octanol–water partition coefficient (Wildman–Crippen LogP) is 2.68. The van der Waals surface area contributed by atoms with Crippen LogP contribution in [0.3, 0.4) is 0 Å². The highest BCUT2D eigenvalue weighted by Crippen LogP contribution is 2.23. The van der Waals surface area contributed by atoms with Gasteiger partial charge in [0.05, 0.1) is 5.56 Å². The van der Waals surface area contributed by atoms with Crippen molar-refractivity contribution in [2.24, 2.45) is 0 Å². The molecule has 0 amide bonds. The first-order valence-electron chi connectivity index (χ1n) is 5.29. The quantitative estimate of drug-likeness (QED) is 0.806. The van der Waals surface area contributed by atoms with Crippen LogP contribution in [0.5, 0.6) is 0 Å². The van der Waals surface area contributed by atoms with Crippen molar-refractivity contribution in [1.29, 1.82) is 0 Å². The number of nitrogens with zero attached hydrogens (tertiary/aromatic N) is 2. The van der Waals surface area contributed by atoms with Gasteiger partial charge >= 0.3 is 0 Å². The average molecular weight is 219 g/mol. The van der Waals surface area contributed by atoms with Crippen molar-refractivity contribution in [1.82, 2.24) is 9.55 Å². The Bertz CT molecular complexity index is 491. The summed E-state index contributed by atoms with van der Waals surface area (Å²) in [4.78, 5) is 4.17. The molecule has 2 rings (SSSR count). The fourth-order valence-electron chi connectivity index (χ4n) is 1.69. The molecule has 0 aliphatic carbocycles. The van der Waals surface area contributed by atoms with Crippen molar-refractivity contribution < 1.29 is 4.39 Å². The molecular formula is C12H14FN3. The maximum absolute atomic E-state index is 13.6. The first-order chi connectivity index (χ1) is 7.72. The molecule has 1 aromatic carbocycles. The zero-order valence-electron chi connectivity index (χ0n) is 9.15. The summed E-state index contributed by atoms with van der Waals surface area (Å²) in [7, 11) is 0. The van der Waals surface area contributed by atoms with Crippen LogP contribution in [-0.2, 0) is 6.54 Å². The third kappa shape index (κ3) is 1.91. The van der Waals surface area contributed by atoms with Gasteiger partial charge in [0.1, 0.15) is 11.6 Å². The molecule has 84 valence electrons. The molecule has 4 heteroatoms. The Morgan fingerprint density at radius 1 is 1.44 bits per heavy atom. The van der Waals surface area contributed by atoms with E-state index >= 15 is 0 Å². The molecule has 0 spiro atoms. The van der Waals surface area contributed by atoms with Crippen LogP contribution in [0.1, 0.15) is 13.3 Å². The van der Waals surface area contributed by atoms with Crippen LogP contribution in [-0.4, -0.2) is 9.55 Å². The van der Waals surface area contributed by atoms with Gasteiger partial charge in [0.15, 0.2) is 0 Å². The van der Waals surface area contributed by atoms with Crippen molar-refractivity contribution in [2.45, 2.75) is 19.9 Å². The number of halogens is 1. The molecule has 0 bridgehead atoms. The van der Waals surface area contributed by atoms with Crippen LogP contribution in [0.2, 0.25) is 0 Å². The van der Waals surface area contributed by atoms with Gasteiger partial charge < -0.3 is 10.3 Å². The molecule has 2 N–H and O–H groups in total. The van der Waals surface area contributed by atoms with E-state index in [1.807, 2.05) is 10.8 Å². The number of hydrogen-bond donors (Lipinski definition) is 1. The molecule has 0 radical (unpaired) electrons. The molecule has 0 unspecified atom stereocenters. The molecule has 3 nitrogen and oxygen atoms in total. The van der Waals surface area contributed by atoms with E-state index in [9.17, 15) is 4.39 Å². The van der Waals surface area contributed by atoms with Gasteiger partial charge in [-0.15, -0.1) is 0 Å². The first kappa shape index (κ1) is 10.7. The number of imidazole rings is 1. The number of benzene rings is 1. The van der Waals surface area contributed by atoms with Crippen LogP contribution in [0, 0.1) is 5.82 Å². The highest BCUT2D eigenvalue weighted by Gasteiger charge is 2.10. The molecule has 16 heavy (non-hydrogen) atoms. The Kier molecular flexibility index (Phi) is 2.90. The molecule has 0 saturated carbocycles. The van der Waals surface area contributed by atoms with Crippen LogP contribution in [0.25, 0.3) is 11.4 Å². The number of rotatable bonds is 3. The summed E-state index contributed by atoms with van der Waals surface area (Å²) in [5.74, 6) is 0.337. The van der Waals surface area contributed by atoms with Gasteiger partial charge in [-0.1, -0.05) is 6.92 Å². The van der Waals surface area contributed by atoms with Crippen molar-refractivity contribution in [2.75, 3.05) is 5.73 Å². The van der Waals surface area contributed by atoms with Gasteiger partial charge in [-0.05, 0) is 24.6 Å². The molecule has 2 aromatic rings. The first-order valence-corrected chi connectivity index (χ1v) is 5.29. The average Bonchev–Trinajstić information content (AvgIpc) is 2.70. The smallest absolute Gasteiger partial charge is 0.142 e. The van der Waals surface area contributed by atoms with Crippen molar-refractivity contribution in [3.8, 4) is 11.4 Å². The van der Waals surface area contributed by atoms with E-state index in [4.69, 9.17) is 5.73 Å². The maximum atomic E-state index is 13.6. The molecule has 0 aliphatic rings. The predicted molar refractivity (Wildman–Crippen MR) is 62.3 cm³/mol. The Morgan fingerprint density at radius 2 is 2.25 bits per heavy atom. The van der Waals surface area contributed by atoms with Crippen LogP contribution >= 0.6 is 0 Å². The van der Waals surface area contributed by atoms with Gasteiger partial charge in [0.25, 0.3) is 0 Å². The second-order valence-corrected chi connectivity index (χ2v) is 3.68. The van der Waals surface area contributed by atoms with Crippen LogP contribution < -0.4 is 5.73 Å². The summed E-state index contributed by atoms with van der Waals surface area (Å²) in [5, 5.41) is 0. The van der Waals surface area contributed by atoms with Gasteiger partial charge in [-0.25, -0.2) is 9.37 Å². The van der Waals surface area contributed by atoms with Gasteiger partial charge in [-0.3, -0.25) is 0 Å². The van der Waals surface area contributed by atoms with Crippen molar-refractivity contribution in [3.63, 3.8) is 0 Å². The van der Waals surface area contributed by atoms with E-state index in [0.717, 1.165) is 13.0 Å². The Morgan fingerprint density at radius 3 is 3.00 bits per heavy atom. The Hall–Kier alpha value is -1.84. The molecule has 0 aliphatic heterocycles. The monoisotopic (exact) mass is 219 g/mol. The standard InChI is InChI=1S/C12H14FN3/c1-2-6-16-7-5-15-12(16)10-8-9(14)3-4-11(10)13/h3-5,7-8H,2,6,14H2,1H3. The lowest BCUT2D eigenvalue weighted by molar-refractivity contribution is 0.624. The Labute approximate surface area is 93.7 Å². The molecule has 0 atom stereocenters. The van der Waals surface area contributed by atoms with E-state index in [-0.39, 0.29) is 5.82 Å². The van der Waals surface area contributed by atoms with Gasteiger partial charge in [0.2, 0.25) is 0 Å². The zero-order chi connectivity index (χ0) is 11.5. The highest BCUT2D eigenvalue weighted by molar-refractivity contribution is 5.62. The van der Waals surface area contributed by atoms with E-state index in [1.165, 1.54) is 6.07 Å². The van der Waals surface area contributed by atoms with Crippen LogP contribution in [0.15, 0.2) is 30.6 Å².